The third-order valence-corrected chi connectivity index (χ3v) is 1.72. The summed E-state index contributed by atoms with van der Waals surface area (Å²) in [6.07, 6.45) is 0. The summed E-state index contributed by atoms with van der Waals surface area (Å²) in [6, 6.07) is 0. The van der Waals surface area contributed by atoms with Gasteiger partial charge in [-0.2, -0.15) is 0 Å². The normalized spacial score (nSPS) is 18.8. The van der Waals surface area contributed by atoms with E-state index in [0.717, 1.165) is 22.8 Å². The van der Waals surface area contributed by atoms with Gasteiger partial charge >= 0.3 is 0 Å². The number of hydrogen-bond donors (Lipinski definition) is 0. The van der Waals surface area contributed by atoms with Crippen LogP contribution in [0.2, 0.25) is 0 Å². The van der Waals surface area contributed by atoms with E-state index in [1.807, 2.05) is 27.7 Å². The van der Waals surface area contributed by atoms with Crippen LogP contribution in [0.4, 0.5) is 0 Å². The lowest BCUT2D eigenvalue weighted by molar-refractivity contribution is 1.07. The molecule has 0 spiro atoms. The van der Waals surface area contributed by atoms with E-state index in [9.17, 15) is 0 Å². The standard InChI is InChI=1S/C8H12N2/c1-5-6(2)10-8(4)7(3)9-5/h1-4H3/q+1. The zero-order valence-corrected chi connectivity index (χ0v) is 6.89. The van der Waals surface area contributed by atoms with Crippen LogP contribution in [0, 0.1) is 0 Å². The molecular formula is C8H12N2+. The average molecular weight is 136 g/mol. The molecule has 1 radical (unpaired) electrons. The van der Waals surface area contributed by atoms with Crippen molar-refractivity contribution in [1.29, 1.82) is 0 Å². The zero-order valence-electron chi connectivity index (χ0n) is 6.89. The van der Waals surface area contributed by atoms with Crippen LogP contribution in [0.5, 0.6) is 0 Å². The SMILES string of the molecule is CC1=NC(C)=C(C)[N+]=C1C. The highest BCUT2D eigenvalue weighted by atomic mass is 14.9. The fourth-order valence-electron chi connectivity index (χ4n) is 0.827. The molecule has 0 aromatic heterocycles. The molecule has 10 heavy (non-hydrogen) atoms. The molecule has 2 nitrogen and oxygen atoms in total. The lowest BCUT2D eigenvalue weighted by Gasteiger charge is -1.96. The highest BCUT2D eigenvalue weighted by Gasteiger charge is 2.17. The predicted octanol–water partition coefficient (Wildman–Crippen LogP) is 1.51. The molecule has 0 N–H and O–H groups in total. The van der Waals surface area contributed by atoms with Crippen LogP contribution in [0.15, 0.2) is 16.4 Å². The maximum atomic E-state index is 4.31. The van der Waals surface area contributed by atoms with E-state index in [2.05, 4.69) is 9.98 Å². The summed E-state index contributed by atoms with van der Waals surface area (Å²) in [5, 5.41) is 0. The van der Waals surface area contributed by atoms with Gasteiger partial charge in [-0.1, -0.05) is 0 Å². The van der Waals surface area contributed by atoms with Gasteiger partial charge in [-0.3, -0.25) is 0 Å². The first-order chi connectivity index (χ1) is 4.61. The molecule has 0 aliphatic carbocycles. The fourth-order valence-corrected chi connectivity index (χ4v) is 0.827. The molecule has 0 aromatic rings. The molecule has 1 aliphatic heterocycles. The van der Waals surface area contributed by atoms with Crippen LogP contribution in [0.25, 0.3) is 0 Å². The molecule has 0 unspecified atom stereocenters. The average Bonchev–Trinajstić information content (AvgIpc) is 1.84. The predicted molar refractivity (Wildman–Crippen MR) is 44.3 cm³/mol. The van der Waals surface area contributed by atoms with Gasteiger partial charge in [0.2, 0.25) is 0 Å². The van der Waals surface area contributed by atoms with Gasteiger partial charge in [0.1, 0.15) is 11.4 Å². The molecular weight excluding hydrogens is 124 g/mol. The molecule has 1 heterocycles. The summed E-state index contributed by atoms with van der Waals surface area (Å²) < 4.78 is 0. The van der Waals surface area contributed by atoms with Crippen molar-refractivity contribution < 1.29 is 0 Å². The second-order valence-electron chi connectivity index (χ2n) is 2.57. The van der Waals surface area contributed by atoms with Crippen molar-refractivity contribution in [2.45, 2.75) is 27.7 Å². The van der Waals surface area contributed by atoms with Crippen molar-refractivity contribution in [2.75, 3.05) is 0 Å². The molecule has 0 amide bonds. The van der Waals surface area contributed by atoms with Crippen LogP contribution in [-0.2, 0) is 0 Å². The first-order valence-corrected chi connectivity index (χ1v) is 3.39. The molecule has 1 rings (SSSR count). The highest BCUT2D eigenvalue weighted by Crippen LogP contribution is 2.06. The zero-order chi connectivity index (χ0) is 7.72. The molecule has 0 saturated carbocycles. The van der Waals surface area contributed by atoms with Crippen molar-refractivity contribution in [3.63, 3.8) is 0 Å². The van der Waals surface area contributed by atoms with Crippen LogP contribution < -0.4 is 4.99 Å². The lowest BCUT2D eigenvalue weighted by atomic mass is 10.2. The molecule has 1 aliphatic rings. The molecule has 0 fully saturated rings. The summed E-state index contributed by atoms with van der Waals surface area (Å²) in [7, 11) is 0. The van der Waals surface area contributed by atoms with Crippen molar-refractivity contribution in [2.24, 2.45) is 4.99 Å². The Hall–Kier alpha value is -0.920. The monoisotopic (exact) mass is 136 g/mol. The lowest BCUT2D eigenvalue weighted by Crippen LogP contribution is -2.17. The Labute approximate surface area is 61.4 Å². The minimum Gasteiger partial charge on any atom is -0.245 e. The van der Waals surface area contributed by atoms with Crippen molar-refractivity contribution in [3.8, 4) is 0 Å². The number of hydrogen-bond acceptors (Lipinski definition) is 2. The largest absolute Gasteiger partial charge is 0.272 e. The summed E-state index contributed by atoms with van der Waals surface area (Å²) in [4.78, 5) is 8.62. The number of nitrogens with zero attached hydrogens (tertiary/aromatic N) is 2. The van der Waals surface area contributed by atoms with Gasteiger partial charge in [-0.25, -0.2) is 4.99 Å². The van der Waals surface area contributed by atoms with E-state index < -0.39 is 0 Å². The maximum Gasteiger partial charge on any atom is 0.272 e. The Morgan fingerprint density at radius 3 is 2.20 bits per heavy atom. The Morgan fingerprint density at radius 1 is 1.10 bits per heavy atom. The van der Waals surface area contributed by atoms with E-state index in [0.29, 0.717) is 0 Å². The maximum absolute atomic E-state index is 4.31. The van der Waals surface area contributed by atoms with Crippen LogP contribution >= 0.6 is 0 Å². The van der Waals surface area contributed by atoms with Gasteiger partial charge < -0.3 is 0 Å². The molecule has 53 valence electrons. The number of aliphatic imine (C=N–C) groups is 2. The Balaban J connectivity index is 3.11. The molecule has 0 atom stereocenters. The van der Waals surface area contributed by atoms with Gasteiger partial charge in [-0.15, -0.1) is 0 Å². The topological polar surface area (TPSA) is 26.5 Å². The van der Waals surface area contributed by atoms with Gasteiger partial charge in [0.05, 0.1) is 4.99 Å². The molecule has 2 heteroatoms. The second kappa shape index (κ2) is 2.37. The second-order valence-corrected chi connectivity index (χ2v) is 2.57. The third-order valence-electron chi connectivity index (χ3n) is 1.72. The van der Waals surface area contributed by atoms with E-state index >= 15 is 0 Å². The fraction of sp³-hybridized carbons (Fsp3) is 0.500. The van der Waals surface area contributed by atoms with E-state index in [1.165, 1.54) is 0 Å². The molecule has 0 aromatic carbocycles. The van der Waals surface area contributed by atoms with Gasteiger partial charge in [-0.05, 0) is 13.8 Å². The third kappa shape index (κ3) is 1.15. The summed E-state index contributed by atoms with van der Waals surface area (Å²) in [5.41, 5.74) is 4.12. The van der Waals surface area contributed by atoms with Crippen LogP contribution in [-0.4, -0.2) is 11.4 Å². The summed E-state index contributed by atoms with van der Waals surface area (Å²) in [5.74, 6) is 0. The number of rotatable bonds is 0. The van der Waals surface area contributed by atoms with Crippen molar-refractivity contribution in [1.82, 2.24) is 4.99 Å². The van der Waals surface area contributed by atoms with E-state index in [4.69, 9.17) is 0 Å². The van der Waals surface area contributed by atoms with E-state index in [1.54, 1.807) is 0 Å². The molecule has 0 bridgehead atoms. The number of allylic oxidation sites excluding steroid dienone is 2. The highest BCUT2D eigenvalue weighted by molar-refractivity contribution is 6.40. The van der Waals surface area contributed by atoms with E-state index in [-0.39, 0.29) is 0 Å². The van der Waals surface area contributed by atoms with Gasteiger partial charge in [0.25, 0.3) is 11.4 Å². The smallest absolute Gasteiger partial charge is 0.245 e. The Bertz CT molecular complexity index is 218. The first-order valence-electron chi connectivity index (χ1n) is 3.39. The minimum absolute atomic E-state index is 1.03. The van der Waals surface area contributed by atoms with Gasteiger partial charge in [0.15, 0.2) is 0 Å². The molecule has 0 saturated heterocycles. The van der Waals surface area contributed by atoms with Crippen LogP contribution in [0.1, 0.15) is 27.7 Å². The Morgan fingerprint density at radius 2 is 1.70 bits per heavy atom. The van der Waals surface area contributed by atoms with Crippen molar-refractivity contribution >= 4 is 11.4 Å². The summed E-state index contributed by atoms with van der Waals surface area (Å²) >= 11 is 0. The Kier molecular flexibility index (Phi) is 1.70. The quantitative estimate of drug-likeness (QED) is 0.482. The minimum atomic E-state index is 1.03. The van der Waals surface area contributed by atoms with Crippen molar-refractivity contribution in [3.05, 3.63) is 11.4 Å². The summed E-state index contributed by atoms with van der Waals surface area (Å²) in [6.45, 7) is 7.92. The first kappa shape index (κ1) is 7.19. The van der Waals surface area contributed by atoms with Crippen LogP contribution in [0.3, 0.4) is 0 Å². The van der Waals surface area contributed by atoms with Gasteiger partial charge in [0, 0.05) is 13.8 Å².